The molecule has 0 heterocycles. The molecular formula is C8H14O. The standard InChI is InChI=1S/C8H14O/c1-3-9-8(2)6-4-5-7-8/h3H,1,4-7H2,2H3. The Morgan fingerprint density at radius 2 is 2.00 bits per heavy atom. The highest BCUT2D eigenvalue weighted by atomic mass is 16.5. The number of hydrogen-bond donors (Lipinski definition) is 0. The van der Waals surface area contributed by atoms with Crippen molar-refractivity contribution in [3.63, 3.8) is 0 Å². The van der Waals surface area contributed by atoms with Gasteiger partial charge in [-0.05, 0) is 32.6 Å². The molecule has 0 bridgehead atoms. The van der Waals surface area contributed by atoms with Crippen LogP contribution in [0.5, 0.6) is 0 Å². The fourth-order valence-corrected chi connectivity index (χ4v) is 1.44. The molecular weight excluding hydrogens is 112 g/mol. The van der Waals surface area contributed by atoms with Gasteiger partial charge < -0.3 is 4.74 Å². The topological polar surface area (TPSA) is 9.23 Å². The Morgan fingerprint density at radius 3 is 2.44 bits per heavy atom. The normalized spacial score (nSPS) is 23.7. The lowest BCUT2D eigenvalue weighted by atomic mass is 10.1. The van der Waals surface area contributed by atoms with Gasteiger partial charge >= 0.3 is 0 Å². The van der Waals surface area contributed by atoms with Gasteiger partial charge in [-0.1, -0.05) is 6.58 Å². The van der Waals surface area contributed by atoms with Crippen molar-refractivity contribution < 1.29 is 4.74 Å². The lowest BCUT2D eigenvalue weighted by molar-refractivity contribution is 0.0473. The fraction of sp³-hybridized carbons (Fsp3) is 0.750. The van der Waals surface area contributed by atoms with Crippen LogP contribution in [0.2, 0.25) is 0 Å². The highest BCUT2D eigenvalue weighted by molar-refractivity contribution is 4.83. The number of ether oxygens (including phenoxy) is 1. The van der Waals surface area contributed by atoms with Gasteiger partial charge in [-0.3, -0.25) is 0 Å². The molecule has 0 radical (unpaired) electrons. The lowest BCUT2D eigenvalue weighted by Gasteiger charge is -2.22. The van der Waals surface area contributed by atoms with E-state index in [1.54, 1.807) is 6.26 Å². The Labute approximate surface area is 56.7 Å². The molecule has 1 nitrogen and oxygen atoms in total. The van der Waals surface area contributed by atoms with Gasteiger partial charge in [0.05, 0.1) is 6.26 Å². The molecule has 0 aliphatic heterocycles. The van der Waals surface area contributed by atoms with Crippen molar-refractivity contribution in [3.05, 3.63) is 12.8 Å². The first-order chi connectivity index (χ1) is 4.27. The smallest absolute Gasteiger partial charge is 0.105 e. The van der Waals surface area contributed by atoms with Crippen LogP contribution in [-0.2, 0) is 4.74 Å². The van der Waals surface area contributed by atoms with Gasteiger partial charge in [-0.25, -0.2) is 0 Å². The second-order valence-corrected chi connectivity index (χ2v) is 2.94. The van der Waals surface area contributed by atoms with E-state index in [1.807, 2.05) is 0 Å². The molecule has 52 valence electrons. The largest absolute Gasteiger partial charge is 0.496 e. The Balaban J connectivity index is 2.40. The first-order valence-corrected chi connectivity index (χ1v) is 3.56. The molecule has 1 saturated carbocycles. The molecule has 1 fully saturated rings. The van der Waals surface area contributed by atoms with Crippen LogP contribution in [0, 0.1) is 0 Å². The Morgan fingerprint density at radius 1 is 1.44 bits per heavy atom. The molecule has 0 aromatic carbocycles. The van der Waals surface area contributed by atoms with Gasteiger partial charge in [-0.15, -0.1) is 0 Å². The van der Waals surface area contributed by atoms with Crippen LogP contribution in [0.15, 0.2) is 12.8 Å². The van der Waals surface area contributed by atoms with Crippen LogP contribution < -0.4 is 0 Å². The van der Waals surface area contributed by atoms with Crippen molar-refractivity contribution in [1.29, 1.82) is 0 Å². The monoisotopic (exact) mass is 126 g/mol. The summed E-state index contributed by atoms with van der Waals surface area (Å²) in [5, 5.41) is 0. The van der Waals surface area contributed by atoms with Crippen LogP contribution in [0.4, 0.5) is 0 Å². The Hall–Kier alpha value is -0.460. The summed E-state index contributed by atoms with van der Waals surface area (Å²) in [6.07, 6.45) is 6.57. The summed E-state index contributed by atoms with van der Waals surface area (Å²) in [6, 6.07) is 0. The molecule has 1 rings (SSSR count). The summed E-state index contributed by atoms with van der Waals surface area (Å²) in [6.45, 7) is 5.70. The molecule has 0 aromatic heterocycles. The maximum atomic E-state index is 5.35. The van der Waals surface area contributed by atoms with Crippen LogP contribution in [0.25, 0.3) is 0 Å². The molecule has 0 amide bonds. The van der Waals surface area contributed by atoms with Gasteiger partial charge in [0.25, 0.3) is 0 Å². The molecule has 0 unspecified atom stereocenters. The van der Waals surface area contributed by atoms with Crippen LogP contribution >= 0.6 is 0 Å². The molecule has 0 aromatic rings. The van der Waals surface area contributed by atoms with E-state index in [-0.39, 0.29) is 5.60 Å². The summed E-state index contributed by atoms with van der Waals surface area (Å²) in [4.78, 5) is 0. The van der Waals surface area contributed by atoms with Crippen molar-refractivity contribution in [1.82, 2.24) is 0 Å². The third-order valence-electron chi connectivity index (χ3n) is 2.03. The van der Waals surface area contributed by atoms with Crippen LogP contribution in [-0.4, -0.2) is 5.60 Å². The Bertz CT molecular complexity index is 101. The molecule has 1 aliphatic carbocycles. The van der Waals surface area contributed by atoms with E-state index in [1.165, 1.54) is 25.7 Å². The van der Waals surface area contributed by atoms with Gasteiger partial charge in [0.2, 0.25) is 0 Å². The Kier molecular flexibility index (Phi) is 1.79. The number of rotatable bonds is 2. The second-order valence-electron chi connectivity index (χ2n) is 2.94. The highest BCUT2D eigenvalue weighted by Crippen LogP contribution is 2.32. The molecule has 1 aliphatic rings. The molecule has 0 saturated heterocycles. The average Bonchev–Trinajstić information content (AvgIpc) is 2.16. The van der Waals surface area contributed by atoms with E-state index in [0.717, 1.165) is 0 Å². The predicted octanol–water partition coefficient (Wildman–Crippen LogP) is 2.48. The van der Waals surface area contributed by atoms with E-state index in [2.05, 4.69) is 13.5 Å². The zero-order valence-corrected chi connectivity index (χ0v) is 6.02. The zero-order valence-electron chi connectivity index (χ0n) is 6.02. The van der Waals surface area contributed by atoms with Crippen molar-refractivity contribution >= 4 is 0 Å². The minimum atomic E-state index is 0.127. The molecule has 1 heteroatoms. The van der Waals surface area contributed by atoms with Crippen LogP contribution in [0.3, 0.4) is 0 Å². The maximum Gasteiger partial charge on any atom is 0.105 e. The third kappa shape index (κ3) is 1.47. The first-order valence-electron chi connectivity index (χ1n) is 3.56. The highest BCUT2D eigenvalue weighted by Gasteiger charge is 2.28. The van der Waals surface area contributed by atoms with Gasteiger partial charge in [0.15, 0.2) is 0 Å². The van der Waals surface area contributed by atoms with E-state index < -0.39 is 0 Å². The quantitative estimate of drug-likeness (QED) is 0.516. The third-order valence-corrected chi connectivity index (χ3v) is 2.03. The summed E-state index contributed by atoms with van der Waals surface area (Å²) >= 11 is 0. The lowest BCUT2D eigenvalue weighted by Crippen LogP contribution is -2.20. The fourth-order valence-electron chi connectivity index (χ4n) is 1.44. The van der Waals surface area contributed by atoms with E-state index in [9.17, 15) is 0 Å². The summed E-state index contributed by atoms with van der Waals surface area (Å²) in [7, 11) is 0. The minimum absolute atomic E-state index is 0.127. The first kappa shape index (κ1) is 6.66. The van der Waals surface area contributed by atoms with Gasteiger partial charge in [0, 0.05) is 0 Å². The molecule has 0 N–H and O–H groups in total. The van der Waals surface area contributed by atoms with Crippen LogP contribution in [0.1, 0.15) is 32.6 Å². The minimum Gasteiger partial charge on any atom is -0.496 e. The maximum absolute atomic E-state index is 5.35. The van der Waals surface area contributed by atoms with E-state index in [4.69, 9.17) is 4.74 Å². The van der Waals surface area contributed by atoms with Gasteiger partial charge in [0.1, 0.15) is 5.60 Å². The van der Waals surface area contributed by atoms with Crippen molar-refractivity contribution in [3.8, 4) is 0 Å². The predicted molar refractivity (Wildman–Crippen MR) is 38.2 cm³/mol. The zero-order chi connectivity index (χ0) is 6.74. The van der Waals surface area contributed by atoms with Crippen molar-refractivity contribution in [2.45, 2.75) is 38.2 Å². The molecule has 0 spiro atoms. The molecule has 9 heavy (non-hydrogen) atoms. The average molecular weight is 126 g/mol. The summed E-state index contributed by atoms with van der Waals surface area (Å²) < 4.78 is 5.35. The SMILES string of the molecule is C=COC1(C)CCCC1. The van der Waals surface area contributed by atoms with Crippen molar-refractivity contribution in [2.75, 3.05) is 0 Å². The summed E-state index contributed by atoms with van der Waals surface area (Å²) in [5.74, 6) is 0. The van der Waals surface area contributed by atoms with Crippen molar-refractivity contribution in [2.24, 2.45) is 0 Å². The second kappa shape index (κ2) is 2.42. The van der Waals surface area contributed by atoms with E-state index in [0.29, 0.717) is 0 Å². The number of hydrogen-bond acceptors (Lipinski definition) is 1. The summed E-state index contributed by atoms with van der Waals surface area (Å²) in [5.41, 5.74) is 0.127. The van der Waals surface area contributed by atoms with Gasteiger partial charge in [-0.2, -0.15) is 0 Å². The molecule has 0 atom stereocenters. The van der Waals surface area contributed by atoms with E-state index >= 15 is 0 Å².